The molecule has 2 aromatic rings. The number of phenols is 1. The van der Waals surface area contributed by atoms with Crippen molar-refractivity contribution in [3.8, 4) is 5.75 Å². The van der Waals surface area contributed by atoms with Crippen LogP contribution in [0.25, 0.3) is 0 Å². The number of hydrogen-bond donors (Lipinski definition) is 2. The number of halogens is 1. The minimum absolute atomic E-state index is 0.0439. The molecule has 0 aliphatic rings. The number of phenolic OH excluding ortho intramolecular Hbond substituents is 1. The maximum absolute atomic E-state index is 11.9. The molecule has 18 heavy (non-hydrogen) atoms. The maximum Gasteiger partial charge on any atom is 0.255 e. The highest BCUT2D eigenvalue weighted by atomic mass is 79.9. The van der Waals surface area contributed by atoms with E-state index in [4.69, 9.17) is 0 Å². The molecule has 0 radical (unpaired) electrons. The van der Waals surface area contributed by atoms with Gasteiger partial charge in [0.05, 0.1) is 12.1 Å². The molecular weight excluding hydrogens is 314 g/mol. The molecule has 1 aromatic carbocycles. The molecule has 1 heterocycles. The predicted octanol–water partition coefficient (Wildman–Crippen LogP) is 3.45. The van der Waals surface area contributed by atoms with E-state index in [1.54, 1.807) is 36.5 Å². The van der Waals surface area contributed by atoms with Gasteiger partial charge in [-0.1, -0.05) is 12.1 Å². The van der Waals surface area contributed by atoms with Crippen LogP contribution in [0.2, 0.25) is 0 Å². The molecule has 0 saturated heterocycles. The second-order valence-corrected chi connectivity index (χ2v) is 5.80. The molecule has 1 amide bonds. The van der Waals surface area contributed by atoms with Gasteiger partial charge in [0, 0.05) is 14.7 Å². The van der Waals surface area contributed by atoms with Crippen molar-refractivity contribution in [2.45, 2.75) is 13.5 Å². The van der Waals surface area contributed by atoms with Crippen molar-refractivity contribution >= 4 is 33.2 Å². The van der Waals surface area contributed by atoms with Crippen LogP contribution in [0.3, 0.4) is 0 Å². The molecule has 2 N–H and O–H groups in total. The van der Waals surface area contributed by atoms with Crippen molar-refractivity contribution in [3.05, 3.63) is 50.1 Å². The molecule has 0 aliphatic carbocycles. The molecule has 0 unspecified atom stereocenters. The van der Waals surface area contributed by atoms with Gasteiger partial charge in [-0.2, -0.15) is 0 Å². The second kappa shape index (κ2) is 5.54. The molecule has 3 nitrogen and oxygen atoms in total. The highest BCUT2D eigenvalue weighted by Gasteiger charge is 2.12. The van der Waals surface area contributed by atoms with Gasteiger partial charge in [-0.15, -0.1) is 11.3 Å². The number of aromatic hydroxyl groups is 1. The number of amides is 1. The van der Waals surface area contributed by atoms with E-state index in [0.717, 1.165) is 9.35 Å². The van der Waals surface area contributed by atoms with Gasteiger partial charge < -0.3 is 10.4 Å². The molecule has 0 fully saturated rings. The highest BCUT2D eigenvalue weighted by Crippen LogP contribution is 2.22. The zero-order chi connectivity index (χ0) is 13.1. The standard InChI is InChI=1S/C13H12BrNO2S/c1-8-3-2-4-11(12(8)16)13(17)15-6-10-5-9(14)7-18-10/h2-5,7,16H,6H2,1H3,(H,15,17). The molecule has 94 valence electrons. The predicted molar refractivity (Wildman–Crippen MR) is 76.0 cm³/mol. The Morgan fingerprint density at radius 3 is 2.94 bits per heavy atom. The lowest BCUT2D eigenvalue weighted by molar-refractivity contribution is 0.0948. The fourth-order valence-electron chi connectivity index (χ4n) is 1.55. The summed E-state index contributed by atoms with van der Waals surface area (Å²) in [6.07, 6.45) is 0. The Labute approximate surface area is 118 Å². The summed E-state index contributed by atoms with van der Waals surface area (Å²) in [4.78, 5) is 13.0. The maximum atomic E-state index is 11.9. The average Bonchev–Trinajstić information content (AvgIpc) is 2.76. The number of benzene rings is 1. The van der Waals surface area contributed by atoms with Crippen LogP contribution in [-0.2, 0) is 6.54 Å². The summed E-state index contributed by atoms with van der Waals surface area (Å²) in [6, 6.07) is 7.09. The van der Waals surface area contributed by atoms with Gasteiger partial charge in [0.25, 0.3) is 5.91 Å². The van der Waals surface area contributed by atoms with Gasteiger partial charge in [-0.25, -0.2) is 0 Å². The van der Waals surface area contributed by atoms with Crippen molar-refractivity contribution in [3.63, 3.8) is 0 Å². The van der Waals surface area contributed by atoms with Crippen LogP contribution in [-0.4, -0.2) is 11.0 Å². The number of aryl methyl sites for hydroxylation is 1. The number of carbonyl (C=O) groups is 1. The van der Waals surface area contributed by atoms with Crippen LogP contribution in [0.15, 0.2) is 34.1 Å². The van der Waals surface area contributed by atoms with Crippen LogP contribution in [0.4, 0.5) is 0 Å². The van der Waals surface area contributed by atoms with Crippen LogP contribution in [0, 0.1) is 6.92 Å². The third kappa shape index (κ3) is 2.91. The second-order valence-electron chi connectivity index (χ2n) is 3.88. The Hall–Kier alpha value is -1.33. The molecule has 1 aromatic heterocycles. The van der Waals surface area contributed by atoms with Crippen molar-refractivity contribution < 1.29 is 9.90 Å². The Morgan fingerprint density at radius 1 is 1.50 bits per heavy atom. The molecule has 2 rings (SSSR count). The van der Waals surface area contributed by atoms with E-state index < -0.39 is 0 Å². The Balaban J connectivity index is 2.06. The molecule has 0 spiro atoms. The van der Waals surface area contributed by atoms with Gasteiger partial charge in [-0.3, -0.25) is 4.79 Å². The first-order chi connectivity index (χ1) is 8.58. The molecule has 0 aliphatic heterocycles. The lowest BCUT2D eigenvalue weighted by atomic mass is 10.1. The van der Waals surface area contributed by atoms with Crippen LogP contribution >= 0.6 is 27.3 Å². The van der Waals surface area contributed by atoms with E-state index in [-0.39, 0.29) is 11.7 Å². The van der Waals surface area contributed by atoms with E-state index >= 15 is 0 Å². The lowest BCUT2D eigenvalue weighted by Crippen LogP contribution is -2.22. The largest absolute Gasteiger partial charge is 0.507 e. The fraction of sp³-hybridized carbons (Fsp3) is 0.154. The van der Waals surface area contributed by atoms with E-state index in [0.29, 0.717) is 17.7 Å². The number of rotatable bonds is 3. The smallest absolute Gasteiger partial charge is 0.255 e. The average molecular weight is 326 g/mol. The normalized spacial score (nSPS) is 10.3. The first-order valence-electron chi connectivity index (χ1n) is 5.37. The highest BCUT2D eigenvalue weighted by molar-refractivity contribution is 9.10. The van der Waals surface area contributed by atoms with Crippen LogP contribution < -0.4 is 5.32 Å². The number of hydrogen-bond acceptors (Lipinski definition) is 3. The van der Waals surface area contributed by atoms with Gasteiger partial charge in [-0.05, 0) is 40.5 Å². The first-order valence-corrected chi connectivity index (χ1v) is 7.05. The van der Waals surface area contributed by atoms with Crippen molar-refractivity contribution in [2.24, 2.45) is 0 Å². The zero-order valence-corrected chi connectivity index (χ0v) is 12.1. The number of nitrogens with one attached hydrogen (secondary N) is 1. The van der Waals surface area contributed by atoms with Gasteiger partial charge >= 0.3 is 0 Å². The van der Waals surface area contributed by atoms with E-state index in [1.165, 1.54) is 0 Å². The third-order valence-electron chi connectivity index (χ3n) is 2.53. The number of carbonyl (C=O) groups excluding carboxylic acids is 1. The Morgan fingerprint density at radius 2 is 2.28 bits per heavy atom. The van der Waals surface area contributed by atoms with Gasteiger partial charge in [0.2, 0.25) is 0 Å². The van der Waals surface area contributed by atoms with E-state index in [2.05, 4.69) is 21.2 Å². The van der Waals surface area contributed by atoms with Crippen molar-refractivity contribution in [2.75, 3.05) is 0 Å². The third-order valence-corrected chi connectivity index (χ3v) is 4.22. The van der Waals surface area contributed by atoms with Gasteiger partial charge in [0.1, 0.15) is 5.75 Å². The minimum atomic E-state index is -0.263. The zero-order valence-electron chi connectivity index (χ0n) is 9.74. The summed E-state index contributed by atoms with van der Waals surface area (Å²) in [5.74, 6) is -0.219. The molecule has 0 atom stereocenters. The quantitative estimate of drug-likeness (QED) is 0.908. The SMILES string of the molecule is Cc1cccc(C(=O)NCc2cc(Br)cs2)c1O. The van der Waals surface area contributed by atoms with Crippen molar-refractivity contribution in [1.29, 1.82) is 0 Å². The summed E-state index contributed by atoms with van der Waals surface area (Å²) in [5, 5.41) is 14.6. The Bertz CT molecular complexity index is 580. The Kier molecular flexibility index (Phi) is 4.04. The summed E-state index contributed by atoms with van der Waals surface area (Å²) >= 11 is 4.93. The summed E-state index contributed by atoms with van der Waals surface area (Å²) in [6.45, 7) is 2.23. The number of para-hydroxylation sites is 1. The first kappa shape index (κ1) is 13.1. The summed E-state index contributed by atoms with van der Waals surface area (Å²) < 4.78 is 1.01. The summed E-state index contributed by atoms with van der Waals surface area (Å²) in [7, 11) is 0. The molecule has 0 saturated carbocycles. The van der Waals surface area contributed by atoms with Crippen LogP contribution in [0.5, 0.6) is 5.75 Å². The van der Waals surface area contributed by atoms with E-state index in [9.17, 15) is 9.90 Å². The van der Waals surface area contributed by atoms with Crippen molar-refractivity contribution in [1.82, 2.24) is 5.32 Å². The summed E-state index contributed by atoms with van der Waals surface area (Å²) in [5.41, 5.74) is 1.01. The molecule has 0 bridgehead atoms. The van der Waals surface area contributed by atoms with Gasteiger partial charge in [0.15, 0.2) is 0 Å². The fourth-order valence-corrected chi connectivity index (χ4v) is 2.94. The molecular formula is C13H12BrNO2S. The monoisotopic (exact) mass is 325 g/mol. The topological polar surface area (TPSA) is 49.3 Å². The lowest BCUT2D eigenvalue weighted by Gasteiger charge is -2.07. The minimum Gasteiger partial charge on any atom is -0.507 e. The van der Waals surface area contributed by atoms with Crippen LogP contribution in [0.1, 0.15) is 20.8 Å². The number of thiophene rings is 1. The van der Waals surface area contributed by atoms with E-state index in [1.807, 2.05) is 11.4 Å². The molecule has 5 heteroatoms.